The van der Waals surface area contributed by atoms with Gasteiger partial charge in [-0.15, -0.1) is 0 Å². The zero-order valence-corrected chi connectivity index (χ0v) is 12.2. The molecule has 2 N–H and O–H groups in total. The Morgan fingerprint density at radius 2 is 1.75 bits per heavy atom. The summed E-state index contributed by atoms with van der Waals surface area (Å²) in [6.45, 7) is 11.1. The fraction of sp³-hybridized carbons (Fsp3) is 0.600. The topological polar surface area (TPSA) is 45.4 Å². The average Bonchev–Trinajstić information content (AvgIpc) is 2.45. The summed E-state index contributed by atoms with van der Waals surface area (Å²) in [6, 6.07) is 0. The Hall–Kier alpha value is -0.228. The second kappa shape index (κ2) is 4.22. The number of halogens is 1. The Balaban J connectivity index is 3.20. The molecule has 0 aliphatic carbocycles. The van der Waals surface area contributed by atoms with Crippen molar-refractivity contribution in [3.8, 4) is 0 Å². The van der Waals surface area contributed by atoms with Crippen LogP contribution < -0.4 is 5.46 Å². The van der Waals surface area contributed by atoms with Gasteiger partial charge in [-0.25, -0.2) is 0 Å². The number of hydrogen-bond acceptors (Lipinski definition) is 2. The van der Waals surface area contributed by atoms with Crippen molar-refractivity contribution in [1.82, 2.24) is 4.23 Å². The molecular weight excluding hydrogens is 240 g/mol. The van der Waals surface area contributed by atoms with E-state index in [4.69, 9.17) is 21.6 Å². The molecule has 0 fully saturated rings. The molecule has 16 heavy (non-hydrogen) atoms. The van der Waals surface area contributed by atoms with E-state index in [-0.39, 0.29) is 5.04 Å². The van der Waals surface area contributed by atoms with Crippen LogP contribution in [0, 0.1) is 0 Å². The van der Waals surface area contributed by atoms with Crippen molar-refractivity contribution in [2.45, 2.75) is 38.9 Å². The molecule has 0 unspecified atom stereocenters. The number of aromatic nitrogens is 1. The summed E-state index contributed by atoms with van der Waals surface area (Å²) in [7, 11) is -3.23. The third-order valence-corrected chi connectivity index (χ3v) is 9.10. The minimum Gasteiger partial charge on any atom is -0.423 e. The zero-order chi connectivity index (χ0) is 12.7. The van der Waals surface area contributed by atoms with Gasteiger partial charge in [0.1, 0.15) is 0 Å². The van der Waals surface area contributed by atoms with Gasteiger partial charge in [-0.3, -0.25) is 0 Å². The minimum atomic E-state index is -1.73. The maximum absolute atomic E-state index is 9.16. The molecular formula is C10H19BClNO2Si. The van der Waals surface area contributed by atoms with E-state index in [1.807, 2.05) is 0 Å². The number of nitrogens with zero attached hydrogens (tertiary/aromatic N) is 1. The highest BCUT2D eigenvalue weighted by molar-refractivity contribution is 6.79. The highest BCUT2D eigenvalue weighted by Crippen LogP contribution is 2.37. The molecule has 1 heterocycles. The fourth-order valence-electron chi connectivity index (χ4n) is 1.35. The van der Waals surface area contributed by atoms with E-state index < -0.39 is 15.4 Å². The van der Waals surface area contributed by atoms with Crippen LogP contribution >= 0.6 is 11.6 Å². The molecule has 0 atom stereocenters. The lowest BCUT2D eigenvalue weighted by Crippen LogP contribution is -2.45. The van der Waals surface area contributed by atoms with Gasteiger partial charge >= 0.3 is 7.12 Å². The van der Waals surface area contributed by atoms with E-state index in [2.05, 4.69) is 38.1 Å². The first-order valence-corrected chi connectivity index (χ1v) is 8.64. The average molecular weight is 260 g/mol. The lowest BCUT2D eigenvalue weighted by atomic mass is 9.83. The predicted octanol–water partition coefficient (Wildman–Crippen LogP) is 1.67. The summed E-state index contributed by atoms with van der Waals surface area (Å²) in [5.41, 5.74) is 0.381. The Morgan fingerprint density at radius 3 is 2.06 bits per heavy atom. The summed E-state index contributed by atoms with van der Waals surface area (Å²) < 4.78 is 2.07. The van der Waals surface area contributed by atoms with Crippen LogP contribution in [0.3, 0.4) is 0 Å². The summed E-state index contributed by atoms with van der Waals surface area (Å²) >= 11 is 5.98. The van der Waals surface area contributed by atoms with Gasteiger partial charge in [0.2, 0.25) is 0 Å². The maximum Gasteiger partial charge on any atom is 0.491 e. The van der Waals surface area contributed by atoms with E-state index in [1.54, 1.807) is 12.4 Å². The van der Waals surface area contributed by atoms with Crippen LogP contribution in [0.5, 0.6) is 0 Å². The Bertz CT molecular complexity index is 385. The van der Waals surface area contributed by atoms with Crippen molar-refractivity contribution in [3.63, 3.8) is 0 Å². The molecule has 6 heteroatoms. The number of rotatable bonds is 2. The molecule has 90 valence electrons. The summed E-state index contributed by atoms with van der Waals surface area (Å²) in [4.78, 5) is 0. The minimum absolute atomic E-state index is 0.174. The van der Waals surface area contributed by atoms with Gasteiger partial charge in [-0.1, -0.05) is 45.5 Å². The Kier molecular flexibility index (Phi) is 3.65. The van der Waals surface area contributed by atoms with Gasteiger partial charge in [0.25, 0.3) is 0 Å². The zero-order valence-electron chi connectivity index (χ0n) is 10.5. The monoisotopic (exact) mass is 259 g/mol. The molecule has 1 aromatic rings. The van der Waals surface area contributed by atoms with Crippen molar-refractivity contribution in [2.75, 3.05) is 0 Å². The molecule has 0 saturated carbocycles. The molecule has 0 spiro atoms. The largest absolute Gasteiger partial charge is 0.491 e. The third kappa shape index (κ3) is 2.37. The molecule has 1 aromatic heterocycles. The fourth-order valence-corrected chi connectivity index (χ4v) is 3.37. The highest BCUT2D eigenvalue weighted by atomic mass is 35.5. The van der Waals surface area contributed by atoms with E-state index in [9.17, 15) is 0 Å². The molecule has 0 amide bonds. The van der Waals surface area contributed by atoms with Crippen LogP contribution in [0.15, 0.2) is 12.4 Å². The molecule has 0 aromatic carbocycles. The van der Waals surface area contributed by atoms with Gasteiger partial charge in [-0.05, 0) is 11.2 Å². The molecule has 0 saturated heterocycles. The van der Waals surface area contributed by atoms with Crippen LogP contribution in [0.1, 0.15) is 20.8 Å². The summed E-state index contributed by atoms with van der Waals surface area (Å²) in [6.07, 6.45) is 3.55. The Morgan fingerprint density at radius 1 is 1.25 bits per heavy atom. The van der Waals surface area contributed by atoms with Crippen LogP contribution in [-0.2, 0) is 0 Å². The van der Waals surface area contributed by atoms with Crippen LogP contribution in [-0.4, -0.2) is 29.6 Å². The van der Waals surface area contributed by atoms with Gasteiger partial charge in [-0.2, -0.15) is 0 Å². The van der Waals surface area contributed by atoms with Gasteiger partial charge in [0.05, 0.1) is 5.02 Å². The van der Waals surface area contributed by atoms with E-state index >= 15 is 0 Å². The lowest BCUT2D eigenvalue weighted by molar-refractivity contribution is 0.426. The summed E-state index contributed by atoms with van der Waals surface area (Å²) in [5.74, 6) is 0. The number of hydrogen-bond donors (Lipinski definition) is 2. The highest BCUT2D eigenvalue weighted by Gasteiger charge is 2.38. The van der Waals surface area contributed by atoms with Crippen molar-refractivity contribution in [3.05, 3.63) is 17.4 Å². The van der Waals surface area contributed by atoms with Gasteiger partial charge < -0.3 is 14.3 Å². The van der Waals surface area contributed by atoms with E-state index in [1.165, 1.54) is 0 Å². The molecule has 0 bridgehead atoms. The van der Waals surface area contributed by atoms with Crippen molar-refractivity contribution >= 4 is 32.4 Å². The Labute approximate surface area is 103 Å². The molecule has 0 aliphatic heterocycles. The van der Waals surface area contributed by atoms with Crippen molar-refractivity contribution in [1.29, 1.82) is 0 Å². The van der Waals surface area contributed by atoms with Crippen LogP contribution in [0.4, 0.5) is 0 Å². The van der Waals surface area contributed by atoms with E-state index in [0.29, 0.717) is 10.5 Å². The van der Waals surface area contributed by atoms with Crippen LogP contribution in [0.2, 0.25) is 23.2 Å². The summed E-state index contributed by atoms with van der Waals surface area (Å²) in [5, 5.41) is 18.9. The van der Waals surface area contributed by atoms with E-state index in [0.717, 1.165) is 0 Å². The second-order valence-corrected chi connectivity index (χ2v) is 11.2. The van der Waals surface area contributed by atoms with Crippen molar-refractivity contribution < 1.29 is 10.0 Å². The maximum atomic E-state index is 9.16. The van der Waals surface area contributed by atoms with Crippen molar-refractivity contribution in [2.24, 2.45) is 0 Å². The smallest absolute Gasteiger partial charge is 0.423 e. The quantitative estimate of drug-likeness (QED) is 0.794. The first-order valence-electron chi connectivity index (χ1n) is 5.31. The normalized spacial score (nSPS) is 13.0. The molecule has 0 aliphatic rings. The van der Waals surface area contributed by atoms with Gasteiger partial charge in [0.15, 0.2) is 8.24 Å². The second-order valence-electron chi connectivity index (χ2n) is 5.65. The SMILES string of the molecule is CC(C)(C)[Si](C)(C)n1cc(Cl)c(B(O)O)c1. The van der Waals surface area contributed by atoms with Crippen LogP contribution in [0.25, 0.3) is 0 Å². The predicted molar refractivity (Wildman–Crippen MR) is 71.9 cm³/mol. The first-order chi connectivity index (χ1) is 7.07. The van der Waals surface area contributed by atoms with Gasteiger partial charge in [0, 0.05) is 11.7 Å². The third-order valence-electron chi connectivity index (χ3n) is 3.57. The standard InChI is InChI=1S/C10H19BClNO2Si/c1-10(2,3)16(4,5)13-6-8(11(14)15)9(12)7-13/h6-7,14-15H,1-5H3. The molecule has 1 rings (SSSR count). The first kappa shape index (κ1) is 13.8. The lowest BCUT2D eigenvalue weighted by Gasteiger charge is -2.37. The molecule has 3 nitrogen and oxygen atoms in total. The molecule has 0 radical (unpaired) electrons.